The summed E-state index contributed by atoms with van der Waals surface area (Å²) in [5.41, 5.74) is 4.12. The molecule has 3 aromatic heterocycles. The van der Waals surface area contributed by atoms with Crippen LogP contribution in [0, 0.1) is 0 Å². The second-order valence-corrected chi connectivity index (χ2v) is 7.86. The number of nitrogens with zero attached hydrogens (tertiary/aromatic N) is 6. The average molecular weight is 336 g/mol. The molecule has 25 heavy (non-hydrogen) atoms. The maximum Gasteiger partial charge on any atom is 0.133 e. The van der Waals surface area contributed by atoms with Gasteiger partial charge in [0.25, 0.3) is 0 Å². The highest BCUT2D eigenvalue weighted by molar-refractivity contribution is 5.53. The first-order valence-corrected chi connectivity index (χ1v) is 8.86. The lowest BCUT2D eigenvalue weighted by atomic mass is 10.1. The molecule has 1 aliphatic carbocycles. The molecule has 0 bridgehead atoms. The van der Waals surface area contributed by atoms with Crippen LogP contribution in [0.1, 0.15) is 63.8 Å². The molecule has 0 spiro atoms. The molecule has 6 nitrogen and oxygen atoms in total. The summed E-state index contributed by atoms with van der Waals surface area (Å²) >= 11 is 0. The maximum absolute atomic E-state index is 4.85. The highest BCUT2D eigenvalue weighted by Gasteiger charge is 2.32. The topological polar surface area (TPSA) is 61.4 Å². The molecule has 0 unspecified atom stereocenters. The van der Waals surface area contributed by atoms with Crippen molar-refractivity contribution in [2.75, 3.05) is 0 Å². The van der Waals surface area contributed by atoms with E-state index >= 15 is 0 Å². The Morgan fingerprint density at radius 3 is 2.64 bits per heavy atom. The van der Waals surface area contributed by atoms with E-state index in [-0.39, 0.29) is 11.6 Å². The highest BCUT2D eigenvalue weighted by Crippen LogP contribution is 2.42. The molecule has 0 N–H and O–H groups in total. The summed E-state index contributed by atoms with van der Waals surface area (Å²) in [6.07, 6.45) is 8.13. The van der Waals surface area contributed by atoms with Crippen LogP contribution in [0.3, 0.4) is 0 Å². The van der Waals surface area contributed by atoms with Crippen molar-refractivity contribution in [1.82, 2.24) is 29.8 Å². The minimum Gasteiger partial charge on any atom is -0.264 e. The summed E-state index contributed by atoms with van der Waals surface area (Å²) in [4.78, 5) is 4.19. The smallest absolute Gasteiger partial charge is 0.133 e. The van der Waals surface area contributed by atoms with Crippen molar-refractivity contribution in [1.29, 1.82) is 0 Å². The van der Waals surface area contributed by atoms with E-state index in [4.69, 9.17) is 5.10 Å². The fourth-order valence-corrected chi connectivity index (χ4v) is 3.09. The van der Waals surface area contributed by atoms with Crippen LogP contribution in [0.25, 0.3) is 11.4 Å². The van der Waals surface area contributed by atoms with Gasteiger partial charge in [0.05, 0.1) is 17.8 Å². The van der Waals surface area contributed by atoms with Gasteiger partial charge in [-0.1, -0.05) is 11.3 Å². The molecular formula is C19H24N6. The average Bonchev–Trinajstić information content (AvgIpc) is 3.14. The van der Waals surface area contributed by atoms with E-state index in [1.54, 1.807) is 6.20 Å². The summed E-state index contributed by atoms with van der Waals surface area (Å²) in [6, 6.07) is 6.27. The third kappa shape index (κ3) is 3.08. The van der Waals surface area contributed by atoms with Crippen molar-refractivity contribution in [3.63, 3.8) is 0 Å². The van der Waals surface area contributed by atoms with Crippen molar-refractivity contribution in [2.45, 2.75) is 58.0 Å². The molecular weight excluding hydrogens is 312 g/mol. The first-order chi connectivity index (χ1) is 11.9. The lowest BCUT2D eigenvalue weighted by molar-refractivity contribution is 0.344. The molecule has 3 aromatic rings. The van der Waals surface area contributed by atoms with E-state index < -0.39 is 0 Å². The number of aromatic nitrogens is 6. The van der Waals surface area contributed by atoms with Gasteiger partial charge in [0.15, 0.2) is 0 Å². The monoisotopic (exact) mass is 336 g/mol. The second kappa shape index (κ2) is 5.79. The van der Waals surface area contributed by atoms with E-state index in [2.05, 4.69) is 59.8 Å². The molecule has 0 aromatic carbocycles. The predicted octanol–water partition coefficient (Wildman–Crippen LogP) is 3.78. The fourth-order valence-electron chi connectivity index (χ4n) is 3.09. The fraction of sp³-hybridized carbons (Fsp3) is 0.474. The molecule has 6 heteroatoms. The Morgan fingerprint density at radius 1 is 1.20 bits per heavy atom. The van der Waals surface area contributed by atoms with Gasteiger partial charge in [-0.25, -0.2) is 4.68 Å². The SMILES string of the molecule is C[C@@H](c1cccnc1)n1cc(-c2cc(C3CC3)n(C(C)(C)C)n2)nn1. The molecule has 0 amide bonds. The van der Waals surface area contributed by atoms with E-state index in [1.165, 1.54) is 18.5 Å². The van der Waals surface area contributed by atoms with Crippen LogP contribution in [-0.4, -0.2) is 29.8 Å². The van der Waals surface area contributed by atoms with Crippen LogP contribution in [0.15, 0.2) is 36.8 Å². The number of pyridine rings is 1. The minimum atomic E-state index is -0.0326. The van der Waals surface area contributed by atoms with Gasteiger partial charge in [-0.3, -0.25) is 9.67 Å². The zero-order chi connectivity index (χ0) is 17.6. The molecule has 1 fully saturated rings. The van der Waals surface area contributed by atoms with Crippen molar-refractivity contribution in [3.8, 4) is 11.4 Å². The Labute approximate surface area is 147 Å². The standard InChI is InChI=1S/C19H24N6/c1-13(15-6-5-9-20-11-15)24-12-17(21-23-24)16-10-18(14-7-8-14)25(22-16)19(2,3)4/h5-6,9-14H,7-8H2,1-4H3/t13-/m0/s1. The van der Waals surface area contributed by atoms with Gasteiger partial charge in [0.1, 0.15) is 11.4 Å². The minimum absolute atomic E-state index is 0.0326. The van der Waals surface area contributed by atoms with Crippen LogP contribution in [-0.2, 0) is 5.54 Å². The predicted molar refractivity (Wildman–Crippen MR) is 96.3 cm³/mol. The number of hydrogen-bond acceptors (Lipinski definition) is 4. The Morgan fingerprint density at radius 2 is 2.00 bits per heavy atom. The van der Waals surface area contributed by atoms with Gasteiger partial charge in [-0.15, -0.1) is 5.10 Å². The van der Waals surface area contributed by atoms with Gasteiger partial charge in [-0.2, -0.15) is 5.10 Å². The van der Waals surface area contributed by atoms with Gasteiger partial charge in [0.2, 0.25) is 0 Å². The van der Waals surface area contributed by atoms with Gasteiger partial charge in [0, 0.05) is 24.0 Å². The third-order valence-electron chi connectivity index (χ3n) is 4.70. The zero-order valence-corrected chi connectivity index (χ0v) is 15.2. The molecule has 4 rings (SSSR count). The molecule has 1 atom stereocenters. The van der Waals surface area contributed by atoms with Gasteiger partial charge < -0.3 is 0 Å². The molecule has 130 valence electrons. The van der Waals surface area contributed by atoms with Crippen molar-refractivity contribution in [2.24, 2.45) is 0 Å². The summed E-state index contributed by atoms with van der Waals surface area (Å²) in [6.45, 7) is 8.67. The lowest BCUT2D eigenvalue weighted by Gasteiger charge is -2.22. The molecule has 3 heterocycles. The van der Waals surface area contributed by atoms with Crippen LogP contribution in [0.4, 0.5) is 0 Å². The lowest BCUT2D eigenvalue weighted by Crippen LogP contribution is -2.25. The van der Waals surface area contributed by atoms with Crippen molar-refractivity contribution in [3.05, 3.63) is 48.0 Å². The Kier molecular flexibility index (Phi) is 3.71. The normalized spacial score (nSPS) is 16.2. The number of rotatable bonds is 4. The Balaban J connectivity index is 1.66. The first-order valence-electron chi connectivity index (χ1n) is 8.86. The molecule has 0 radical (unpaired) electrons. The highest BCUT2D eigenvalue weighted by atomic mass is 15.4. The Hall–Kier alpha value is -2.50. The van der Waals surface area contributed by atoms with Gasteiger partial charge in [-0.05, 0) is 58.2 Å². The van der Waals surface area contributed by atoms with E-state index in [9.17, 15) is 0 Å². The summed E-state index contributed by atoms with van der Waals surface area (Å²) in [7, 11) is 0. The molecule has 1 aliphatic rings. The zero-order valence-electron chi connectivity index (χ0n) is 15.2. The number of hydrogen-bond donors (Lipinski definition) is 0. The second-order valence-electron chi connectivity index (χ2n) is 7.86. The molecule has 1 saturated carbocycles. The van der Waals surface area contributed by atoms with Crippen LogP contribution >= 0.6 is 0 Å². The van der Waals surface area contributed by atoms with Crippen LogP contribution < -0.4 is 0 Å². The summed E-state index contributed by atoms with van der Waals surface area (Å²) in [5, 5.41) is 13.5. The molecule has 0 saturated heterocycles. The van der Waals surface area contributed by atoms with Crippen molar-refractivity contribution < 1.29 is 0 Å². The maximum atomic E-state index is 4.85. The largest absolute Gasteiger partial charge is 0.264 e. The summed E-state index contributed by atoms with van der Waals surface area (Å²) in [5.74, 6) is 0.643. The van der Waals surface area contributed by atoms with E-state index in [1.807, 2.05) is 23.1 Å². The van der Waals surface area contributed by atoms with E-state index in [0.717, 1.165) is 17.0 Å². The Bertz CT molecular complexity index is 867. The first kappa shape index (κ1) is 16.0. The van der Waals surface area contributed by atoms with Crippen LogP contribution in [0.2, 0.25) is 0 Å². The van der Waals surface area contributed by atoms with Crippen molar-refractivity contribution >= 4 is 0 Å². The molecule has 0 aliphatic heterocycles. The van der Waals surface area contributed by atoms with Gasteiger partial charge >= 0.3 is 0 Å². The van der Waals surface area contributed by atoms with E-state index in [0.29, 0.717) is 5.92 Å². The third-order valence-corrected chi connectivity index (χ3v) is 4.70. The summed E-state index contributed by atoms with van der Waals surface area (Å²) < 4.78 is 4.03. The van der Waals surface area contributed by atoms with Crippen LogP contribution in [0.5, 0.6) is 0 Å². The quantitative estimate of drug-likeness (QED) is 0.727.